The summed E-state index contributed by atoms with van der Waals surface area (Å²) in [6, 6.07) is 12.7. The van der Waals surface area contributed by atoms with Gasteiger partial charge in [-0.25, -0.2) is 4.39 Å². The first kappa shape index (κ1) is 18.1. The van der Waals surface area contributed by atoms with Crippen LogP contribution < -0.4 is 16.0 Å². The Labute approximate surface area is 152 Å². The van der Waals surface area contributed by atoms with Crippen molar-refractivity contribution in [2.75, 3.05) is 18.4 Å². The third-order valence-corrected chi connectivity index (χ3v) is 4.49. The average molecular weight is 355 g/mol. The van der Waals surface area contributed by atoms with E-state index in [-0.39, 0.29) is 23.5 Å². The summed E-state index contributed by atoms with van der Waals surface area (Å²) in [6.45, 7) is 2.25. The number of benzene rings is 2. The molecule has 26 heavy (non-hydrogen) atoms. The molecule has 0 aromatic heterocycles. The van der Waals surface area contributed by atoms with Crippen molar-refractivity contribution in [3.63, 3.8) is 0 Å². The standard InChI is InChI=1S/C20H22FN3O2/c21-17-5-3-15(4-6-17)20(26)24-18-7-1-14(2-8-18)13-23-19(25)16-9-11-22-12-10-16/h1-8,16,22H,9-13H2,(H,23,25)(H,24,26). The molecule has 0 unspecified atom stereocenters. The van der Waals surface area contributed by atoms with Gasteiger partial charge in [-0.1, -0.05) is 12.1 Å². The van der Waals surface area contributed by atoms with Crippen LogP contribution in [0.1, 0.15) is 28.8 Å². The van der Waals surface area contributed by atoms with Crippen molar-refractivity contribution in [2.45, 2.75) is 19.4 Å². The van der Waals surface area contributed by atoms with Gasteiger partial charge in [0.1, 0.15) is 5.82 Å². The number of nitrogens with one attached hydrogen (secondary N) is 3. The third-order valence-electron chi connectivity index (χ3n) is 4.49. The van der Waals surface area contributed by atoms with Crippen molar-refractivity contribution in [3.8, 4) is 0 Å². The van der Waals surface area contributed by atoms with Crippen LogP contribution in [0.25, 0.3) is 0 Å². The Balaban J connectivity index is 1.50. The van der Waals surface area contributed by atoms with Crippen LogP contribution in [-0.2, 0) is 11.3 Å². The van der Waals surface area contributed by atoms with Crippen LogP contribution >= 0.6 is 0 Å². The maximum absolute atomic E-state index is 12.9. The summed E-state index contributed by atoms with van der Waals surface area (Å²) >= 11 is 0. The second-order valence-corrected chi connectivity index (χ2v) is 6.40. The van der Waals surface area contributed by atoms with Crippen molar-refractivity contribution in [2.24, 2.45) is 5.92 Å². The van der Waals surface area contributed by atoms with Crippen LogP contribution in [-0.4, -0.2) is 24.9 Å². The van der Waals surface area contributed by atoms with Crippen molar-refractivity contribution in [1.29, 1.82) is 0 Å². The van der Waals surface area contributed by atoms with E-state index in [1.54, 1.807) is 12.1 Å². The maximum atomic E-state index is 12.9. The predicted octanol–water partition coefficient (Wildman–Crippen LogP) is 2.69. The number of rotatable bonds is 5. The summed E-state index contributed by atoms with van der Waals surface area (Å²) in [5, 5.41) is 8.98. The van der Waals surface area contributed by atoms with Gasteiger partial charge in [0.25, 0.3) is 5.91 Å². The molecule has 0 saturated carbocycles. The summed E-state index contributed by atoms with van der Waals surface area (Å²) in [4.78, 5) is 24.2. The van der Waals surface area contributed by atoms with Gasteiger partial charge in [-0.3, -0.25) is 9.59 Å². The molecule has 0 aliphatic carbocycles. The molecular formula is C20H22FN3O2. The normalized spacial score (nSPS) is 14.7. The number of amides is 2. The van der Waals surface area contributed by atoms with Gasteiger partial charge in [0, 0.05) is 23.7 Å². The van der Waals surface area contributed by atoms with E-state index in [2.05, 4.69) is 16.0 Å². The average Bonchev–Trinajstić information content (AvgIpc) is 2.68. The molecule has 1 aliphatic heterocycles. The summed E-state index contributed by atoms with van der Waals surface area (Å²) in [6.07, 6.45) is 1.75. The number of carbonyl (C=O) groups is 2. The quantitative estimate of drug-likeness (QED) is 0.772. The molecule has 0 atom stereocenters. The van der Waals surface area contributed by atoms with Gasteiger partial charge in [0.05, 0.1) is 0 Å². The van der Waals surface area contributed by atoms with E-state index in [1.165, 1.54) is 24.3 Å². The first-order valence-corrected chi connectivity index (χ1v) is 8.76. The van der Waals surface area contributed by atoms with Crippen LogP contribution in [0, 0.1) is 11.7 Å². The molecule has 0 spiro atoms. The van der Waals surface area contributed by atoms with Crippen LogP contribution in [0.3, 0.4) is 0 Å². The van der Waals surface area contributed by atoms with E-state index in [0.717, 1.165) is 31.5 Å². The fourth-order valence-electron chi connectivity index (χ4n) is 2.93. The lowest BCUT2D eigenvalue weighted by Gasteiger charge is -2.21. The van der Waals surface area contributed by atoms with Gasteiger partial charge in [-0.15, -0.1) is 0 Å². The lowest BCUT2D eigenvalue weighted by molar-refractivity contribution is -0.125. The number of hydrogen-bond acceptors (Lipinski definition) is 3. The minimum atomic E-state index is -0.377. The minimum Gasteiger partial charge on any atom is -0.352 e. The number of piperidine rings is 1. The van der Waals surface area contributed by atoms with Gasteiger partial charge >= 0.3 is 0 Å². The Morgan fingerprint density at radius 2 is 1.65 bits per heavy atom. The molecule has 5 nitrogen and oxygen atoms in total. The van der Waals surface area contributed by atoms with E-state index in [0.29, 0.717) is 17.8 Å². The van der Waals surface area contributed by atoms with Crippen LogP contribution in [0.4, 0.5) is 10.1 Å². The molecule has 3 rings (SSSR count). The summed E-state index contributed by atoms with van der Waals surface area (Å²) in [5.41, 5.74) is 2.00. The first-order valence-electron chi connectivity index (χ1n) is 8.76. The zero-order chi connectivity index (χ0) is 18.4. The second kappa shape index (κ2) is 8.58. The Morgan fingerprint density at radius 3 is 2.31 bits per heavy atom. The first-order chi connectivity index (χ1) is 12.6. The van der Waals surface area contributed by atoms with Crippen molar-refractivity contribution >= 4 is 17.5 Å². The van der Waals surface area contributed by atoms with Crippen LogP contribution in [0.15, 0.2) is 48.5 Å². The SMILES string of the molecule is O=C(Nc1ccc(CNC(=O)C2CCNCC2)cc1)c1ccc(F)cc1. The van der Waals surface area contributed by atoms with E-state index in [4.69, 9.17) is 0 Å². The molecule has 0 radical (unpaired) electrons. The highest BCUT2D eigenvalue weighted by atomic mass is 19.1. The molecular weight excluding hydrogens is 333 g/mol. The van der Waals surface area contributed by atoms with Crippen molar-refractivity contribution in [3.05, 3.63) is 65.5 Å². The molecule has 2 aromatic carbocycles. The van der Waals surface area contributed by atoms with Crippen LogP contribution in [0.5, 0.6) is 0 Å². The molecule has 1 saturated heterocycles. The number of halogens is 1. The fourth-order valence-corrected chi connectivity index (χ4v) is 2.93. The molecule has 1 heterocycles. The monoisotopic (exact) mass is 355 g/mol. The predicted molar refractivity (Wildman–Crippen MR) is 98.2 cm³/mol. The Bertz CT molecular complexity index is 754. The number of carbonyl (C=O) groups excluding carboxylic acids is 2. The Morgan fingerprint density at radius 1 is 1.00 bits per heavy atom. The molecule has 136 valence electrons. The van der Waals surface area contributed by atoms with E-state index < -0.39 is 0 Å². The number of hydrogen-bond donors (Lipinski definition) is 3. The molecule has 2 amide bonds. The van der Waals surface area contributed by atoms with E-state index in [1.807, 2.05) is 12.1 Å². The van der Waals surface area contributed by atoms with Crippen molar-refractivity contribution in [1.82, 2.24) is 10.6 Å². The third kappa shape index (κ3) is 4.89. The molecule has 0 bridgehead atoms. The number of anilines is 1. The molecule has 1 fully saturated rings. The Kier molecular flexibility index (Phi) is 5.96. The fraction of sp³-hybridized carbons (Fsp3) is 0.300. The van der Waals surface area contributed by atoms with E-state index in [9.17, 15) is 14.0 Å². The lowest BCUT2D eigenvalue weighted by atomic mass is 9.97. The van der Waals surface area contributed by atoms with Gasteiger partial charge < -0.3 is 16.0 Å². The maximum Gasteiger partial charge on any atom is 0.255 e. The molecule has 6 heteroatoms. The molecule has 3 N–H and O–H groups in total. The molecule has 2 aromatic rings. The zero-order valence-corrected chi connectivity index (χ0v) is 14.4. The summed E-state index contributed by atoms with van der Waals surface area (Å²) < 4.78 is 12.9. The van der Waals surface area contributed by atoms with Gasteiger partial charge in [0.15, 0.2) is 0 Å². The highest BCUT2D eigenvalue weighted by Gasteiger charge is 2.20. The smallest absolute Gasteiger partial charge is 0.255 e. The Hall–Kier alpha value is -2.73. The topological polar surface area (TPSA) is 70.2 Å². The van der Waals surface area contributed by atoms with Crippen LogP contribution in [0.2, 0.25) is 0 Å². The highest BCUT2D eigenvalue weighted by Crippen LogP contribution is 2.14. The van der Waals surface area contributed by atoms with Crippen molar-refractivity contribution < 1.29 is 14.0 Å². The van der Waals surface area contributed by atoms with E-state index >= 15 is 0 Å². The molecule has 1 aliphatic rings. The zero-order valence-electron chi connectivity index (χ0n) is 14.4. The van der Waals surface area contributed by atoms with Gasteiger partial charge in [-0.05, 0) is 67.9 Å². The summed E-state index contributed by atoms with van der Waals surface area (Å²) in [7, 11) is 0. The largest absolute Gasteiger partial charge is 0.352 e. The minimum absolute atomic E-state index is 0.0884. The summed E-state index contributed by atoms with van der Waals surface area (Å²) in [5.74, 6) is -0.486. The second-order valence-electron chi connectivity index (χ2n) is 6.40. The van der Waals surface area contributed by atoms with Gasteiger partial charge in [0.2, 0.25) is 5.91 Å². The van der Waals surface area contributed by atoms with Gasteiger partial charge in [-0.2, -0.15) is 0 Å². The highest BCUT2D eigenvalue weighted by molar-refractivity contribution is 6.04. The lowest BCUT2D eigenvalue weighted by Crippen LogP contribution is -2.37.